The van der Waals surface area contributed by atoms with Crippen molar-refractivity contribution >= 4 is 10.8 Å². The van der Waals surface area contributed by atoms with Gasteiger partial charge in [0.2, 0.25) is 0 Å². The molecule has 1 atom stereocenters. The first-order valence-corrected chi connectivity index (χ1v) is 7.04. The summed E-state index contributed by atoms with van der Waals surface area (Å²) >= 11 is 0. The fourth-order valence-corrected chi connectivity index (χ4v) is 2.19. The van der Waals surface area contributed by atoms with Crippen LogP contribution in [0.1, 0.15) is 6.42 Å². The van der Waals surface area contributed by atoms with Crippen molar-refractivity contribution in [3.8, 4) is 11.8 Å². The predicted molar refractivity (Wildman–Crippen MR) is 83.2 cm³/mol. The molecule has 0 aliphatic rings. The molecule has 2 aromatic carbocycles. The quantitative estimate of drug-likeness (QED) is 0.848. The Morgan fingerprint density at radius 1 is 1.24 bits per heavy atom. The Hall–Kier alpha value is -2.09. The zero-order chi connectivity index (χ0) is 15.1. The van der Waals surface area contributed by atoms with Crippen LogP contribution in [0, 0.1) is 11.3 Å². The van der Waals surface area contributed by atoms with Gasteiger partial charge in [0.15, 0.2) is 0 Å². The fourth-order valence-electron chi connectivity index (χ4n) is 2.19. The van der Waals surface area contributed by atoms with Crippen LogP contribution in [0.15, 0.2) is 42.5 Å². The number of ether oxygens (including phenoxy) is 1. The second kappa shape index (κ2) is 7.63. The van der Waals surface area contributed by atoms with Gasteiger partial charge in [0.05, 0.1) is 6.07 Å². The summed E-state index contributed by atoms with van der Waals surface area (Å²) in [7, 11) is 1.89. The number of fused-ring (bicyclic) bond motifs is 1. The zero-order valence-corrected chi connectivity index (χ0v) is 12.2. The SMILES string of the molecule is CN(CCC#N)CC(O)COc1ccc2ccccc2c1. The van der Waals surface area contributed by atoms with E-state index in [2.05, 4.69) is 12.1 Å². The summed E-state index contributed by atoms with van der Waals surface area (Å²) in [5, 5.41) is 20.8. The van der Waals surface area contributed by atoms with Gasteiger partial charge in [0, 0.05) is 19.5 Å². The second-order valence-electron chi connectivity index (χ2n) is 5.14. The number of aliphatic hydroxyl groups excluding tert-OH is 1. The van der Waals surface area contributed by atoms with Gasteiger partial charge in [0.1, 0.15) is 18.5 Å². The molecule has 0 radical (unpaired) electrons. The molecule has 0 heterocycles. The average Bonchev–Trinajstić information content (AvgIpc) is 2.50. The van der Waals surface area contributed by atoms with Crippen molar-refractivity contribution in [3.05, 3.63) is 42.5 Å². The lowest BCUT2D eigenvalue weighted by Gasteiger charge is -2.19. The highest BCUT2D eigenvalue weighted by Gasteiger charge is 2.09. The molecule has 1 N–H and O–H groups in total. The fraction of sp³-hybridized carbons (Fsp3) is 0.353. The molecule has 21 heavy (non-hydrogen) atoms. The number of likely N-dealkylation sites (N-methyl/N-ethyl adjacent to an activating group) is 1. The van der Waals surface area contributed by atoms with E-state index in [1.165, 1.54) is 5.39 Å². The second-order valence-corrected chi connectivity index (χ2v) is 5.14. The number of benzene rings is 2. The topological polar surface area (TPSA) is 56.5 Å². The molecule has 0 spiro atoms. The van der Waals surface area contributed by atoms with Crippen LogP contribution < -0.4 is 4.74 Å². The van der Waals surface area contributed by atoms with E-state index >= 15 is 0 Å². The van der Waals surface area contributed by atoms with Gasteiger partial charge in [-0.05, 0) is 30.0 Å². The van der Waals surface area contributed by atoms with Gasteiger partial charge in [-0.25, -0.2) is 0 Å². The molecule has 0 bridgehead atoms. The van der Waals surface area contributed by atoms with E-state index in [0.717, 1.165) is 11.1 Å². The van der Waals surface area contributed by atoms with E-state index in [9.17, 15) is 5.11 Å². The smallest absolute Gasteiger partial charge is 0.120 e. The summed E-state index contributed by atoms with van der Waals surface area (Å²) in [4.78, 5) is 1.93. The zero-order valence-electron chi connectivity index (χ0n) is 12.2. The van der Waals surface area contributed by atoms with Crippen molar-refractivity contribution in [3.63, 3.8) is 0 Å². The Balaban J connectivity index is 1.85. The van der Waals surface area contributed by atoms with Crippen molar-refractivity contribution in [1.29, 1.82) is 5.26 Å². The monoisotopic (exact) mass is 284 g/mol. The van der Waals surface area contributed by atoms with Crippen molar-refractivity contribution in [2.45, 2.75) is 12.5 Å². The minimum absolute atomic E-state index is 0.245. The van der Waals surface area contributed by atoms with Crippen LogP contribution in [-0.4, -0.2) is 42.9 Å². The Kier molecular flexibility index (Phi) is 5.56. The molecule has 0 saturated heterocycles. The Bertz CT molecular complexity index is 621. The van der Waals surface area contributed by atoms with E-state index in [-0.39, 0.29) is 6.61 Å². The summed E-state index contributed by atoms with van der Waals surface area (Å²) in [6, 6.07) is 16.1. The standard InChI is InChI=1S/C17H20N2O2/c1-19(10-4-9-18)12-16(20)13-21-17-8-7-14-5-2-3-6-15(14)11-17/h2-3,5-8,11,16,20H,4,10,12-13H2,1H3. The van der Waals surface area contributed by atoms with Gasteiger partial charge in [-0.15, -0.1) is 0 Å². The van der Waals surface area contributed by atoms with E-state index in [0.29, 0.717) is 19.5 Å². The molecular formula is C17H20N2O2. The van der Waals surface area contributed by atoms with Crippen LogP contribution in [0.5, 0.6) is 5.75 Å². The van der Waals surface area contributed by atoms with Gasteiger partial charge >= 0.3 is 0 Å². The molecule has 2 rings (SSSR count). The maximum atomic E-state index is 9.94. The van der Waals surface area contributed by atoms with Crippen molar-refractivity contribution in [2.24, 2.45) is 0 Å². The van der Waals surface area contributed by atoms with Gasteiger partial charge in [-0.2, -0.15) is 5.26 Å². The van der Waals surface area contributed by atoms with Crippen LogP contribution in [0.4, 0.5) is 0 Å². The van der Waals surface area contributed by atoms with E-state index in [1.807, 2.05) is 48.3 Å². The number of aliphatic hydroxyl groups is 1. The third kappa shape index (κ3) is 4.75. The highest BCUT2D eigenvalue weighted by molar-refractivity contribution is 5.83. The van der Waals surface area contributed by atoms with Crippen molar-refractivity contribution < 1.29 is 9.84 Å². The molecule has 0 saturated carbocycles. The van der Waals surface area contributed by atoms with E-state index < -0.39 is 6.10 Å². The number of nitriles is 1. The van der Waals surface area contributed by atoms with Gasteiger partial charge < -0.3 is 14.7 Å². The minimum atomic E-state index is -0.569. The van der Waals surface area contributed by atoms with Crippen LogP contribution in [0.3, 0.4) is 0 Å². The number of nitrogens with zero attached hydrogens (tertiary/aromatic N) is 2. The van der Waals surface area contributed by atoms with Gasteiger partial charge in [-0.1, -0.05) is 30.3 Å². The first-order chi connectivity index (χ1) is 10.2. The summed E-state index contributed by atoms with van der Waals surface area (Å²) < 4.78 is 5.64. The molecule has 0 aliphatic heterocycles. The number of hydrogen-bond donors (Lipinski definition) is 1. The molecule has 0 fully saturated rings. The molecule has 4 nitrogen and oxygen atoms in total. The van der Waals surface area contributed by atoms with Crippen LogP contribution in [0.2, 0.25) is 0 Å². The molecule has 0 amide bonds. The van der Waals surface area contributed by atoms with Crippen LogP contribution in [0.25, 0.3) is 10.8 Å². The lowest BCUT2D eigenvalue weighted by Crippen LogP contribution is -2.33. The third-order valence-corrected chi connectivity index (χ3v) is 3.29. The molecule has 0 aliphatic carbocycles. The third-order valence-electron chi connectivity index (χ3n) is 3.29. The number of rotatable bonds is 7. The summed E-state index contributed by atoms with van der Waals surface area (Å²) in [6.07, 6.45) is -0.102. The lowest BCUT2D eigenvalue weighted by atomic mass is 10.1. The maximum Gasteiger partial charge on any atom is 0.120 e. The Labute approximate surface area is 125 Å². The van der Waals surface area contributed by atoms with Crippen LogP contribution in [-0.2, 0) is 0 Å². The molecular weight excluding hydrogens is 264 g/mol. The average molecular weight is 284 g/mol. The Morgan fingerprint density at radius 3 is 2.76 bits per heavy atom. The number of hydrogen-bond acceptors (Lipinski definition) is 4. The predicted octanol–water partition coefficient (Wildman–Crippen LogP) is 2.42. The molecule has 1 unspecified atom stereocenters. The van der Waals surface area contributed by atoms with E-state index in [4.69, 9.17) is 10.00 Å². The lowest BCUT2D eigenvalue weighted by molar-refractivity contribution is 0.0770. The first kappa shape index (κ1) is 15.3. The van der Waals surface area contributed by atoms with Gasteiger partial charge in [0.25, 0.3) is 0 Å². The Morgan fingerprint density at radius 2 is 2.00 bits per heavy atom. The van der Waals surface area contributed by atoms with Crippen LogP contribution >= 0.6 is 0 Å². The highest BCUT2D eigenvalue weighted by Crippen LogP contribution is 2.20. The normalized spacial score (nSPS) is 12.3. The van der Waals surface area contributed by atoms with Gasteiger partial charge in [-0.3, -0.25) is 0 Å². The van der Waals surface area contributed by atoms with Crippen molar-refractivity contribution in [2.75, 3.05) is 26.7 Å². The molecule has 4 heteroatoms. The maximum absolute atomic E-state index is 9.94. The summed E-state index contributed by atoms with van der Waals surface area (Å²) in [5.41, 5.74) is 0. The summed E-state index contributed by atoms with van der Waals surface area (Å²) in [5.74, 6) is 0.757. The largest absolute Gasteiger partial charge is 0.491 e. The van der Waals surface area contributed by atoms with Crippen molar-refractivity contribution in [1.82, 2.24) is 4.90 Å². The molecule has 110 valence electrons. The minimum Gasteiger partial charge on any atom is -0.491 e. The highest BCUT2D eigenvalue weighted by atomic mass is 16.5. The summed E-state index contributed by atoms with van der Waals surface area (Å²) in [6.45, 7) is 1.40. The first-order valence-electron chi connectivity index (χ1n) is 7.04. The molecule has 0 aromatic heterocycles. The van der Waals surface area contributed by atoms with E-state index in [1.54, 1.807) is 0 Å². The molecule has 2 aromatic rings.